The lowest BCUT2D eigenvalue weighted by atomic mass is 10.1. The van der Waals surface area contributed by atoms with Crippen LogP contribution in [0.25, 0.3) is 0 Å². The van der Waals surface area contributed by atoms with Gasteiger partial charge in [0.2, 0.25) is 0 Å². The van der Waals surface area contributed by atoms with Gasteiger partial charge in [0.25, 0.3) is 0 Å². The number of hydrogen-bond acceptors (Lipinski definition) is 3. The van der Waals surface area contributed by atoms with Crippen molar-refractivity contribution < 1.29 is 0 Å². The fraction of sp³-hybridized carbons (Fsp3) is 0.733. The minimum absolute atomic E-state index is 0.496. The van der Waals surface area contributed by atoms with Crippen LogP contribution in [0.1, 0.15) is 63.2 Å². The fourth-order valence-electron chi connectivity index (χ4n) is 2.68. The highest BCUT2D eigenvalue weighted by Crippen LogP contribution is 2.36. The van der Waals surface area contributed by atoms with Gasteiger partial charge in [-0.1, -0.05) is 20.8 Å². The van der Waals surface area contributed by atoms with Gasteiger partial charge in [-0.25, -0.2) is 9.97 Å². The van der Waals surface area contributed by atoms with E-state index in [-0.39, 0.29) is 0 Å². The van der Waals surface area contributed by atoms with Crippen molar-refractivity contribution >= 4 is 0 Å². The van der Waals surface area contributed by atoms with Gasteiger partial charge in [0.1, 0.15) is 5.82 Å². The van der Waals surface area contributed by atoms with E-state index >= 15 is 0 Å². The van der Waals surface area contributed by atoms with Gasteiger partial charge >= 0.3 is 0 Å². The maximum Gasteiger partial charge on any atom is 0.131 e. The first kappa shape index (κ1) is 13.5. The van der Waals surface area contributed by atoms with Gasteiger partial charge in [-0.15, -0.1) is 0 Å². The highest BCUT2D eigenvalue weighted by atomic mass is 15.0. The Morgan fingerprint density at radius 1 is 1.33 bits per heavy atom. The number of nitrogens with one attached hydrogen (secondary N) is 1. The van der Waals surface area contributed by atoms with Gasteiger partial charge in [-0.05, 0) is 38.2 Å². The predicted molar refractivity (Wildman–Crippen MR) is 74.5 cm³/mol. The topological polar surface area (TPSA) is 37.8 Å². The van der Waals surface area contributed by atoms with E-state index in [9.17, 15) is 0 Å². The zero-order chi connectivity index (χ0) is 13.1. The summed E-state index contributed by atoms with van der Waals surface area (Å²) < 4.78 is 0. The number of rotatable bonds is 4. The standard InChI is InChI=1S/C15H25N3/c1-10(2)16-9-14-8-12(4)17-15(18-14)13-6-5-11(3)7-13/h8,10-11,13,16H,5-7,9H2,1-4H3. The second kappa shape index (κ2) is 5.79. The molecule has 0 amide bonds. The molecule has 0 spiro atoms. The van der Waals surface area contributed by atoms with E-state index in [1.165, 1.54) is 19.3 Å². The van der Waals surface area contributed by atoms with E-state index in [4.69, 9.17) is 4.98 Å². The van der Waals surface area contributed by atoms with Crippen LogP contribution < -0.4 is 5.32 Å². The van der Waals surface area contributed by atoms with Gasteiger partial charge in [0.05, 0.1) is 5.69 Å². The maximum absolute atomic E-state index is 4.75. The summed E-state index contributed by atoms with van der Waals surface area (Å²) in [6.07, 6.45) is 3.82. The first-order valence-corrected chi connectivity index (χ1v) is 7.12. The van der Waals surface area contributed by atoms with Crippen LogP contribution in [0.4, 0.5) is 0 Å². The Bertz CT molecular complexity index is 401. The molecule has 0 radical (unpaired) electrons. The van der Waals surface area contributed by atoms with Crippen molar-refractivity contribution in [2.45, 2.75) is 65.5 Å². The molecule has 0 aromatic carbocycles. The molecule has 2 atom stereocenters. The Labute approximate surface area is 110 Å². The van der Waals surface area contributed by atoms with E-state index in [1.807, 2.05) is 0 Å². The molecule has 1 aromatic rings. The highest BCUT2D eigenvalue weighted by molar-refractivity contribution is 5.13. The Kier molecular flexibility index (Phi) is 4.33. The predicted octanol–water partition coefficient (Wildman–Crippen LogP) is 3.19. The third-order valence-electron chi connectivity index (χ3n) is 3.68. The molecule has 1 heterocycles. The van der Waals surface area contributed by atoms with E-state index in [0.29, 0.717) is 12.0 Å². The van der Waals surface area contributed by atoms with Crippen LogP contribution >= 0.6 is 0 Å². The van der Waals surface area contributed by atoms with Crippen LogP contribution in [-0.4, -0.2) is 16.0 Å². The monoisotopic (exact) mass is 247 g/mol. The first-order valence-electron chi connectivity index (χ1n) is 7.12. The maximum atomic E-state index is 4.75. The molecule has 18 heavy (non-hydrogen) atoms. The van der Waals surface area contributed by atoms with Crippen molar-refractivity contribution in [1.82, 2.24) is 15.3 Å². The normalized spacial score (nSPS) is 23.8. The van der Waals surface area contributed by atoms with Gasteiger partial charge in [-0.2, -0.15) is 0 Å². The molecule has 3 nitrogen and oxygen atoms in total. The lowest BCUT2D eigenvalue weighted by molar-refractivity contribution is 0.564. The Hall–Kier alpha value is -0.960. The summed E-state index contributed by atoms with van der Waals surface area (Å²) in [6.45, 7) is 9.57. The number of nitrogens with zero attached hydrogens (tertiary/aromatic N) is 2. The zero-order valence-corrected chi connectivity index (χ0v) is 12.0. The van der Waals surface area contributed by atoms with Gasteiger partial charge in [0.15, 0.2) is 0 Å². The van der Waals surface area contributed by atoms with Crippen molar-refractivity contribution in [2.75, 3.05) is 0 Å². The van der Waals surface area contributed by atoms with Gasteiger partial charge < -0.3 is 5.32 Å². The van der Waals surface area contributed by atoms with E-state index < -0.39 is 0 Å². The lowest BCUT2D eigenvalue weighted by Crippen LogP contribution is -2.23. The average molecular weight is 247 g/mol. The lowest BCUT2D eigenvalue weighted by Gasteiger charge is -2.12. The van der Waals surface area contributed by atoms with E-state index in [1.54, 1.807) is 0 Å². The largest absolute Gasteiger partial charge is 0.309 e. The summed E-state index contributed by atoms with van der Waals surface area (Å²) in [5, 5.41) is 3.43. The highest BCUT2D eigenvalue weighted by Gasteiger charge is 2.25. The van der Waals surface area contributed by atoms with E-state index in [2.05, 4.69) is 44.1 Å². The van der Waals surface area contributed by atoms with Crippen LogP contribution in [0.5, 0.6) is 0 Å². The van der Waals surface area contributed by atoms with Crippen LogP contribution in [0.15, 0.2) is 6.07 Å². The van der Waals surface area contributed by atoms with E-state index in [0.717, 1.165) is 29.7 Å². The van der Waals surface area contributed by atoms with Gasteiger partial charge in [0, 0.05) is 24.2 Å². The fourth-order valence-corrected chi connectivity index (χ4v) is 2.68. The molecule has 1 aliphatic rings. The molecular weight excluding hydrogens is 222 g/mol. The van der Waals surface area contributed by atoms with Crippen molar-refractivity contribution in [3.8, 4) is 0 Å². The summed E-state index contributed by atoms with van der Waals surface area (Å²) in [5.74, 6) is 2.48. The summed E-state index contributed by atoms with van der Waals surface area (Å²) in [7, 11) is 0. The molecule has 3 heteroatoms. The molecule has 1 aliphatic carbocycles. The third kappa shape index (κ3) is 3.52. The van der Waals surface area contributed by atoms with Crippen molar-refractivity contribution in [3.63, 3.8) is 0 Å². The van der Waals surface area contributed by atoms with Crippen molar-refractivity contribution in [2.24, 2.45) is 5.92 Å². The summed E-state index contributed by atoms with van der Waals surface area (Å²) >= 11 is 0. The quantitative estimate of drug-likeness (QED) is 0.888. The van der Waals surface area contributed by atoms with Crippen LogP contribution in [-0.2, 0) is 6.54 Å². The Balaban J connectivity index is 2.11. The molecule has 1 fully saturated rings. The van der Waals surface area contributed by atoms with Crippen LogP contribution in [0, 0.1) is 12.8 Å². The molecule has 0 aliphatic heterocycles. The Morgan fingerprint density at radius 3 is 2.72 bits per heavy atom. The molecule has 2 unspecified atom stereocenters. The molecule has 2 rings (SSSR count). The smallest absolute Gasteiger partial charge is 0.131 e. The van der Waals surface area contributed by atoms with Crippen LogP contribution in [0.2, 0.25) is 0 Å². The molecule has 100 valence electrons. The summed E-state index contributed by atoms with van der Waals surface area (Å²) in [5.41, 5.74) is 2.23. The van der Waals surface area contributed by atoms with Crippen molar-refractivity contribution in [3.05, 3.63) is 23.3 Å². The minimum atomic E-state index is 0.496. The molecule has 0 bridgehead atoms. The number of aromatic nitrogens is 2. The summed E-state index contributed by atoms with van der Waals surface area (Å²) in [4.78, 5) is 9.39. The SMILES string of the molecule is Cc1cc(CNC(C)C)nc(C2CCC(C)C2)n1. The molecule has 1 saturated carbocycles. The number of aryl methyl sites for hydroxylation is 1. The van der Waals surface area contributed by atoms with Crippen molar-refractivity contribution in [1.29, 1.82) is 0 Å². The molecule has 1 N–H and O–H groups in total. The molecule has 1 aromatic heterocycles. The van der Waals surface area contributed by atoms with Crippen LogP contribution in [0.3, 0.4) is 0 Å². The summed E-state index contributed by atoms with van der Waals surface area (Å²) in [6, 6.07) is 2.59. The number of hydrogen-bond donors (Lipinski definition) is 1. The third-order valence-corrected chi connectivity index (χ3v) is 3.68. The molecular formula is C15H25N3. The second-order valence-corrected chi connectivity index (χ2v) is 6.01. The second-order valence-electron chi connectivity index (χ2n) is 6.01. The molecule has 0 saturated heterocycles. The Morgan fingerprint density at radius 2 is 2.11 bits per heavy atom. The zero-order valence-electron chi connectivity index (χ0n) is 12.0. The first-order chi connectivity index (χ1) is 8.54. The minimum Gasteiger partial charge on any atom is -0.309 e. The van der Waals surface area contributed by atoms with Gasteiger partial charge in [-0.3, -0.25) is 0 Å². The average Bonchev–Trinajstić information content (AvgIpc) is 2.72.